The van der Waals surface area contributed by atoms with Crippen LogP contribution in [0.4, 0.5) is 0 Å². The summed E-state index contributed by atoms with van der Waals surface area (Å²) in [5, 5.41) is 8.80. The van der Waals surface area contributed by atoms with E-state index in [-0.39, 0.29) is 0 Å². The molecule has 2 fully saturated rings. The Labute approximate surface area is 104 Å². The summed E-state index contributed by atoms with van der Waals surface area (Å²) in [6.45, 7) is 4.55. The van der Waals surface area contributed by atoms with E-state index in [1.54, 1.807) is 0 Å². The highest BCUT2D eigenvalue weighted by molar-refractivity contribution is 5.67. The van der Waals surface area contributed by atoms with E-state index in [1.165, 1.54) is 25.7 Å². The Balaban J connectivity index is 1.74. The number of carbonyl (C=O) groups is 1. The van der Waals surface area contributed by atoms with Gasteiger partial charge in [0.25, 0.3) is 0 Å². The molecular weight excluding hydrogens is 214 g/mol. The topological polar surface area (TPSA) is 40.5 Å². The Morgan fingerprint density at radius 1 is 1.18 bits per heavy atom. The summed E-state index contributed by atoms with van der Waals surface area (Å²) in [5.74, 6) is 0.735. The largest absolute Gasteiger partial charge is 0.481 e. The van der Waals surface area contributed by atoms with Crippen LogP contribution in [0.3, 0.4) is 0 Å². The van der Waals surface area contributed by atoms with Gasteiger partial charge in [-0.2, -0.15) is 0 Å². The second kappa shape index (κ2) is 5.85. The van der Waals surface area contributed by atoms with Crippen molar-refractivity contribution in [1.29, 1.82) is 0 Å². The number of likely N-dealkylation sites (tertiary alicyclic amines) is 1. The van der Waals surface area contributed by atoms with Crippen molar-refractivity contribution in [3.05, 3.63) is 0 Å². The van der Waals surface area contributed by atoms with Crippen molar-refractivity contribution in [3.63, 3.8) is 0 Å². The average Bonchev–Trinajstić information content (AvgIpc) is 2.78. The predicted molar refractivity (Wildman–Crippen MR) is 68.0 cm³/mol. The van der Waals surface area contributed by atoms with E-state index < -0.39 is 5.97 Å². The molecule has 2 unspecified atom stereocenters. The molecule has 3 heteroatoms. The van der Waals surface area contributed by atoms with E-state index in [9.17, 15) is 4.79 Å². The van der Waals surface area contributed by atoms with Crippen LogP contribution >= 0.6 is 0 Å². The molecule has 98 valence electrons. The van der Waals surface area contributed by atoms with Gasteiger partial charge in [0.1, 0.15) is 0 Å². The fraction of sp³-hybridized carbons (Fsp3) is 0.929. The summed E-state index contributed by atoms with van der Waals surface area (Å²) in [6.07, 6.45) is 8.00. The first-order valence-electron chi connectivity index (χ1n) is 7.15. The zero-order valence-corrected chi connectivity index (χ0v) is 10.9. The monoisotopic (exact) mass is 239 g/mol. The summed E-state index contributed by atoms with van der Waals surface area (Å²) in [5.41, 5.74) is 0. The first kappa shape index (κ1) is 12.9. The van der Waals surface area contributed by atoms with Gasteiger partial charge >= 0.3 is 5.97 Å². The van der Waals surface area contributed by atoms with Gasteiger partial charge in [-0.05, 0) is 57.0 Å². The molecule has 2 rings (SSSR count). The third kappa shape index (κ3) is 3.44. The Hall–Kier alpha value is -0.570. The molecule has 1 aliphatic carbocycles. The van der Waals surface area contributed by atoms with Gasteiger partial charge in [0.05, 0.1) is 0 Å². The van der Waals surface area contributed by atoms with Gasteiger partial charge in [0, 0.05) is 12.5 Å². The van der Waals surface area contributed by atoms with Crippen LogP contribution in [0.1, 0.15) is 51.9 Å². The number of hydrogen-bond acceptors (Lipinski definition) is 2. The zero-order chi connectivity index (χ0) is 12.3. The SMILES string of the molecule is CCC1CCC(N2CCC(CC(=O)O)CC2)C1. The molecule has 1 heterocycles. The maximum absolute atomic E-state index is 10.7. The third-order valence-electron chi connectivity index (χ3n) is 4.72. The lowest BCUT2D eigenvalue weighted by molar-refractivity contribution is -0.138. The van der Waals surface area contributed by atoms with Crippen molar-refractivity contribution in [1.82, 2.24) is 4.90 Å². The second-order valence-electron chi connectivity index (χ2n) is 5.82. The Morgan fingerprint density at radius 2 is 1.88 bits per heavy atom. The molecule has 0 amide bonds. The lowest BCUT2D eigenvalue weighted by atomic mass is 9.92. The molecule has 0 aromatic heterocycles. The molecule has 0 aromatic carbocycles. The summed E-state index contributed by atoms with van der Waals surface area (Å²) in [6, 6.07) is 0.797. The third-order valence-corrected chi connectivity index (χ3v) is 4.72. The molecule has 1 saturated carbocycles. The van der Waals surface area contributed by atoms with Crippen molar-refractivity contribution in [3.8, 4) is 0 Å². The van der Waals surface area contributed by atoms with Crippen LogP contribution in [0, 0.1) is 11.8 Å². The van der Waals surface area contributed by atoms with E-state index in [2.05, 4.69) is 11.8 Å². The second-order valence-corrected chi connectivity index (χ2v) is 5.82. The summed E-state index contributed by atoms with van der Waals surface area (Å²) in [7, 11) is 0. The summed E-state index contributed by atoms with van der Waals surface area (Å²) in [4.78, 5) is 13.3. The van der Waals surface area contributed by atoms with Crippen molar-refractivity contribution in [2.75, 3.05) is 13.1 Å². The van der Waals surface area contributed by atoms with Crippen molar-refractivity contribution < 1.29 is 9.90 Å². The number of piperidine rings is 1. The number of aliphatic carboxylic acids is 1. The molecule has 0 spiro atoms. The van der Waals surface area contributed by atoms with Crippen LogP contribution in [0.2, 0.25) is 0 Å². The van der Waals surface area contributed by atoms with Gasteiger partial charge in [-0.3, -0.25) is 4.79 Å². The molecule has 1 N–H and O–H groups in total. The van der Waals surface area contributed by atoms with Crippen LogP contribution in [0.5, 0.6) is 0 Å². The number of nitrogens with zero attached hydrogens (tertiary/aromatic N) is 1. The quantitative estimate of drug-likeness (QED) is 0.820. The van der Waals surface area contributed by atoms with E-state index in [0.29, 0.717) is 12.3 Å². The molecule has 1 aliphatic heterocycles. The normalized spacial score (nSPS) is 31.8. The van der Waals surface area contributed by atoms with E-state index in [0.717, 1.165) is 37.9 Å². The molecule has 3 nitrogen and oxygen atoms in total. The van der Waals surface area contributed by atoms with Gasteiger partial charge in [-0.15, -0.1) is 0 Å². The highest BCUT2D eigenvalue weighted by Crippen LogP contribution is 2.33. The number of carboxylic acids is 1. The van der Waals surface area contributed by atoms with Crippen LogP contribution in [-0.2, 0) is 4.79 Å². The van der Waals surface area contributed by atoms with Gasteiger partial charge in [-0.1, -0.05) is 13.3 Å². The minimum atomic E-state index is -0.629. The minimum absolute atomic E-state index is 0.371. The van der Waals surface area contributed by atoms with Gasteiger partial charge in [0.15, 0.2) is 0 Å². The van der Waals surface area contributed by atoms with Crippen molar-refractivity contribution >= 4 is 5.97 Å². The lowest BCUT2D eigenvalue weighted by Crippen LogP contribution is -2.40. The van der Waals surface area contributed by atoms with Crippen LogP contribution in [-0.4, -0.2) is 35.1 Å². The molecule has 2 aliphatic rings. The van der Waals surface area contributed by atoms with Gasteiger partial charge < -0.3 is 10.0 Å². The summed E-state index contributed by atoms with van der Waals surface area (Å²) < 4.78 is 0. The predicted octanol–water partition coefficient (Wildman–Crippen LogP) is 2.75. The van der Waals surface area contributed by atoms with Crippen LogP contribution in [0.25, 0.3) is 0 Å². The number of hydrogen-bond donors (Lipinski definition) is 1. The number of carboxylic acid groups (broad SMARTS) is 1. The smallest absolute Gasteiger partial charge is 0.303 e. The zero-order valence-electron chi connectivity index (χ0n) is 10.9. The summed E-state index contributed by atoms with van der Waals surface area (Å²) >= 11 is 0. The highest BCUT2D eigenvalue weighted by Gasteiger charge is 2.31. The maximum atomic E-state index is 10.7. The maximum Gasteiger partial charge on any atom is 0.303 e. The van der Waals surface area contributed by atoms with E-state index in [4.69, 9.17) is 5.11 Å². The molecule has 0 aromatic rings. The molecule has 0 radical (unpaired) electrons. The molecule has 17 heavy (non-hydrogen) atoms. The molecule has 2 atom stereocenters. The first-order valence-corrected chi connectivity index (χ1v) is 7.15. The highest BCUT2D eigenvalue weighted by atomic mass is 16.4. The Bertz CT molecular complexity index is 259. The van der Waals surface area contributed by atoms with E-state index in [1.807, 2.05) is 0 Å². The molecule has 1 saturated heterocycles. The van der Waals surface area contributed by atoms with Crippen molar-refractivity contribution in [2.45, 2.75) is 57.9 Å². The Morgan fingerprint density at radius 3 is 2.41 bits per heavy atom. The molecule has 0 bridgehead atoms. The van der Waals surface area contributed by atoms with Crippen LogP contribution < -0.4 is 0 Å². The fourth-order valence-electron chi connectivity index (χ4n) is 3.52. The van der Waals surface area contributed by atoms with Crippen LogP contribution in [0.15, 0.2) is 0 Å². The standard InChI is InChI=1S/C14H25NO2/c1-2-11-3-4-13(9-11)15-7-5-12(6-8-15)10-14(16)17/h11-13H,2-10H2,1H3,(H,16,17). The minimum Gasteiger partial charge on any atom is -0.481 e. The van der Waals surface area contributed by atoms with Crippen molar-refractivity contribution in [2.24, 2.45) is 11.8 Å². The van der Waals surface area contributed by atoms with Gasteiger partial charge in [0.2, 0.25) is 0 Å². The van der Waals surface area contributed by atoms with Gasteiger partial charge in [-0.25, -0.2) is 0 Å². The molecular formula is C14H25NO2. The van der Waals surface area contributed by atoms with E-state index >= 15 is 0 Å². The first-order chi connectivity index (χ1) is 8.19. The number of rotatable bonds is 4. The average molecular weight is 239 g/mol. The lowest BCUT2D eigenvalue weighted by Gasteiger charge is -2.35. The Kier molecular flexibility index (Phi) is 4.43. The fourth-order valence-corrected chi connectivity index (χ4v) is 3.52.